The zero-order valence-electron chi connectivity index (χ0n) is 15.8. The number of anilines is 1. The van der Waals surface area contributed by atoms with Crippen molar-refractivity contribution >= 4 is 11.6 Å². The van der Waals surface area contributed by atoms with Crippen LogP contribution in [-0.2, 0) is 13.0 Å². The number of hydrogen-bond acceptors (Lipinski definition) is 2. The molecular formula is C22H27FN4. The van der Waals surface area contributed by atoms with Gasteiger partial charge in [0.05, 0.1) is 6.54 Å². The Morgan fingerprint density at radius 1 is 1.04 bits per heavy atom. The van der Waals surface area contributed by atoms with Crippen LogP contribution in [0.4, 0.5) is 10.1 Å². The van der Waals surface area contributed by atoms with E-state index in [1.165, 1.54) is 23.4 Å². The first-order valence-corrected chi connectivity index (χ1v) is 9.50. The van der Waals surface area contributed by atoms with Crippen LogP contribution in [0.25, 0.3) is 0 Å². The van der Waals surface area contributed by atoms with Gasteiger partial charge in [-0.2, -0.15) is 0 Å². The molecule has 3 rings (SSSR count). The highest BCUT2D eigenvalue weighted by molar-refractivity contribution is 5.79. The molecule has 1 aliphatic heterocycles. The predicted molar refractivity (Wildman–Crippen MR) is 111 cm³/mol. The molecule has 0 amide bonds. The smallest absolute Gasteiger partial charge is 0.191 e. The second kappa shape index (κ2) is 9.76. The van der Waals surface area contributed by atoms with Gasteiger partial charge >= 0.3 is 0 Å². The molecule has 1 heterocycles. The van der Waals surface area contributed by atoms with Gasteiger partial charge in [0.15, 0.2) is 5.96 Å². The molecule has 0 saturated heterocycles. The molecule has 0 atom stereocenters. The van der Waals surface area contributed by atoms with Crippen LogP contribution in [0.3, 0.4) is 0 Å². The predicted octanol–water partition coefficient (Wildman–Crippen LogP) is 3.50. The molecule has 4 nitrogen and oxygen atoms in total. The zero-order valence-corrected chi connectivity index (χ0v) is 15.8. The first-order valence-electron chi connectivity index (χ1n) is 9.50. The summed E-state index contributed by atoms with van der Waals surface area (Å²) in [5.74, 6) is 0.599. The van der Waals surface area contributed by atoms with Crippen molar-refractivity contribution in [2.24, 2.45) is 4.99 Å². The number of hydrogen-bond donors (Lipinski definition) is 2. The van der Waals surface area contributed by atoms with Crippen molar-refractivity contribution in [2.45, 2.75) is 19.9 Å². The lowest BCUT2D eigenvalue weighted by molar-refractivity contribution is 0.626. The summed E-state index contributed by atoms with van der Waals surface area (Å²) < 4.78 is 13.0. The fourth-order valence-electron chi connectivity index (χ4n) is 3.03. The largest absolute Gasteiger partial charge is 0.364 e. The van der Waals surface area contributed by atoms with Crippen LogP contribution in [0.1, 0.15) is 18.1 Å². The van der Waals surface area contributed by atoms with Gasteiger partial charge in [-0.1, -0.05) is 36.4 Å². The van der Waals surface area contributed by atoms with Gasteiger partial charge in [0.1, 0.15) is 5.82 Å². The van der Waals surface area contributed by atoms with Crippen molar-refractivity contribution < 1.29 is 4.39 Å². The van der Waals surface area contributed by atoms with E-state index in [9.17, 15) is 4.39 Å². The normalized spacial score (nSPS) is 13.9. The molecule has 0 aliphatic carbocycles. The first-order chi connectivity index (χ1) is 13.2. The third-order valence-corrected chi connectivity index (χ3v) is 4.48. The fourth-order valence-corrected chi connectivity index (χ4v) is 3.03. The lowest BCUT2D eigenvalue weighted by Gasteiger charge is -2.18. The molecule has 0 bridgehead atoms. The summed E-state index contributed by atoms with van der Waals surface area (Å²) in [5.41, 5.74) is 3.53. The minimum absolute atomic E-state index is 0.200. The Bertz CT molecular complexity index is 775. The Morgan fingerprint density at radius 3 is 2.56 bits per heavy atom. The highest BCUT2D eigenvalue weighted by Gasteiger charge is 2.07. The summed E-state index contributed by atoms with van der Waals surface area (Å²) in [6.45, 7) is 6.18. The molecule has 0 aromatic heterocycles. The molecule has 0 saturated carbocycles. The summed E-state index contributed by atoms with van der Waals surface area (Å²) in [5, 5.41) is 6.62. The van der Waals surface area contributed by atoms with E-state index in [2.05, 4.69) is 58.9 Å². The Kier molecular flexibility index (Phi) is 6.85. The standard InChI is InChI=1S/C22H27FN4/c1-2-24-22(25-13-12-18-8-10-20(23)11-9-18)26-17-19-6-5-7-21(16-19)27-14-3-4-15-27/h3-11,16H,2,12-15,17H2,1H3,(H2,24,25,26). The second-order valence-electron chi connectivity index (χ2n) is 6.54. The van der Waals surface area contributed by atoms with Gasteiger partial charge in [0.2, 0.25) is 0 Å². The molecule has 5 heteroatoms. The lowest BCUT2D eigenvalue weighted by Crippen LogP contribution is -2.38. The van der Waals surface area contributed by atoms with Crippen LogP contribution in [0.15, 0.2) is 65.7 Å². The summed E-state index contributed by atoms with van der Waals surface area (Å²) >= 11 is 0. The van der Waals surface area contributed by atoms with E-state index in [1.807, 2.05) is 12.1 Å². The Morgan fingerprint density at radius 2 is 1.81 bits per heavy atom. The Balaban J connectivity index is 1.55. The molecule has 142 valence electrons. The van der Waals surface area contributed by atoms with Crippen molar-refractivity contribution in [1.82, 2.24) is 10.6 Å². The highest BCUT2D eigenvalue weighted by Crippen LogP contribution is 2.18. The molecule has 0 fully saturated rings. The maximum Gasteiger partial charge on any atom is 0.191 e. The zero-order chi connectivity index (χ0) is 18.9. The number of rotatable bonds is 7. The number of aliphatic imine (C=N–C) groups is 1. The average Bonchev–Trinajstić information content (AvgIpc) is 3.23. The topological polar surface area (TPSA) is 39.7 Å². The van der Waals surface area contributed by atoms with Crippen molar-refractivity contribution in [1.29, 1.82) is 0 Å². The van der Waals surface area contributed by atoms with Crippen molar-refractivity contribution in [3.05, 3.63) is 77.6 Å². The fraction of sp³-hybridized carbons (Fsp3) is 0.318. The molecule has 27 heavy (non-hydrogen) atoms. The third-order valence-electron chi connectivity index (χ3n) is 4.48. The molecule has 1 aliphatic rings. The van der Waals surface area contributed by atoms with Gasteiger partial charge in [-0.25, -0.2) is 9.38 Å². The number of guanidine groups is 1. The highest BCUT2D eigenvalue weighted by atomic mass is 19.1. The van der Waals surface area contributed by atoms with E-state index < -0.39 is 0 Å². The van der Waals surface area contributed by atoms with E-state index in [0.29, 0.717) is 6.54 Å². The average molecular weight is 366 g/mol. The van der Waals surface area contributed by atoms with E-state index in [1.54, 1.807) is 0 Å². The number of halogens is 1. The van der Waals surface area contributed by atoms with Crippen LogP contribution in [0, 0.1) is 5.82 Å². The van der Waals surface area contributed by atoms with Crippen LogP contribution in [0.2, 0.25) is 0 Å². The van der Waals surface area contributed by atoms with Gasteiger partial charge in [-0.15, -0.1) is 0 Å². The summed E-state index contributed by atoms with van der Waals surface area (Å²) in [6, 6.07) is 15.2. The summed E-state index contributed by atoms with van der Waals surface area (Å²) in [7, 11) is 0. The van der Waals surface area contributed by atoms with Gasteiger partial charge < -0.3 is 15.5 Å². The monoisotopic (exact) mass is 366 g/mol. The molecule has 2 N–H and O–H groups in total. The van der Waals surface area contributed by atoms with Gasteiger partial charge in [-0.3, -0.25) is 0 Å². The number of nitrogens with one attached hydrogen (secondary N) is 2. The Labute approximate surface area is 160 Å². The molecule has 0 radical (unpaired) electrons. The van der Waals surface area contributed by atoms with E-state index in [-0.39, 0.29) is 5.82 Å². The van der Waals surface area contributed by atoms with E-state index in [0.717, 1.165) is 44.1 Å². The molecule has 0 spiro atoms. The van der Waals surface area contributed by atoms with Crippen molar-refractivity contribution in [3.63, 3.8) is 0 Å². The molecular weight excluding hydrogens is 339 g/mol. The quantitative estimate of drug-likeness (QED) is 0.448. The third kappa shape index (κ3) is 5.84. The number of nitrogens with zero attached hydrogens (tertiary/aromatic N) is 2. The van der Waals surface area contributed by atoms with E-state index in [4.69, 9.17) is 4.99 Å². The molecule has 2 aromatic carbocycles. The van der Waals surface area contributed by atoms with Gasteiger partial charge in [0.25, 0.3) is 0 Å². The summed E-state index contributed by atoms with van der Waals surface area (Å²) in [6.07, 6.45) is 5.21. The number of benzene rings is 2. The van der Waals surface area contributed by atoms with Crippen LogP contribution in [0.5, 0.6) is 0 Å². The maximum atomic E-state index is 13.0. The van der Waals surface area contributed by atoms with E-state index >= 15 is 0 Å². The Hall–Kier alpha value is -2.82. The maximum absolute atomic E-state index is 13.0. The minimum atomic E-state index is -0.200. The van der Waals surface area contributed by atoms with Gasteiger partial charge in [-0.05, 0) is 48.7 Å². The van der Waals surface area contributed by atoms with Crippen LogP contribution < -0.4 is 15.5 Å². The van der Waals surface area contributed by atoms with Crippen molar-refractivity contribution in [3.8, 4) is 0 Å². The minimum Gasteiger partial charge on any atom is -0.364 e. The van der Waals surface area contributed by atoms with Crippen molar-refractivity contribution in [2.75, 3.05) is 31.1 Å². The first kappa shape index (κ1) is 19.0. The SMILES string of the molecule is CCNC(=NCc1cccc(N2CC=CC2)c1)NCCc1ccc(F)cc1. The van der Waals surface area contributed by atoms with Gasteiger partial charge in [0, 0.05) is 31.9 Å². The van der Waals surface area contributed by atoms with Crippen LogP contribution >= 0.6 is 0 Å². The van der Waals surface area contributed by atoms with Crippen LogP contribution in [-0.4, -0.2) is 32.1 Å². The summed E-state index contributed by atoms with van der Waals surface area (Å²) in [4.78, 5) is 7.03. The lowest BCUT2D eigenvalue weighted by atomic mass is 10.1. The second-order valence-corrected chi connectivity index (χ2v) is 6.54. The molecule has 2 aromatic rings. The molecule has 0 unspecified atom stereocenters.